The third-order valence-corrected chi connectivity index (χ3v) is 1.42. The highest BCUT2D eigenvalue weighted by Crippen LogP contribution is 1.98. The molecule has 0 rings (SSSR count). The van der Waals surface area contributed by atoms with Gasteiger partial charge in [0, 0.05) is 0 Å². The van der Waals surface area contributed by atoms with Crippen molar-refractivity contribution in [1.29, 1.82) is 0 Å². The number of rotatable bonds is 7. The highest BCUT2D eigenvalue weighted by Gasteiger charge is 1.87. The highest BCUT2D eigenvalue weighted by molar-refractivity contribution is 5.79. The van der Waals surface area contributed by atoms with Crippen LogP contribution in [0.5, 0.6) is 0 Å². The largest absolute Gasteiger partial charge is 0.501 e. The fourth-order valence-electron chi connectivity index (χ4n) is 0.787. The molecule has 12 heavy (non-hydrogen) atoms. The Morgan fingerprint density at radius 1 is 1.42 bits per heavy atom. The first-order valence-electron chi connectivity index (χ1n) is 4.28. The van der Waals surface area contributed by atoms with Gasteiger partial charge < -0.3 is 9.84 Å². The summed E-state index contributed by atoms with van der Waals surface area (Å²) in [6.45, 7) is 2.76. The van der Waals surface area contributed by atoms with Crippen LogP contribution in [-0.4, -0.2) is 17.7 Å². The van der Waals surface area contributed by atoms with Gasteiger partial charge in [-0.1, -0.05) is 26.2 Å². The maximum Gasteiger partial charge on any atom is 0.331 e. The van der Waals surface area contributed by atoms with Crippen molar-refractivity contribution in [3.05, 3.63) is 12.3 Å². The van der Waals surface area contributed by atoms with Crippen LogP contribution in [0.3, 0.4) is 0 Å². The van der Waals surface area contributed by atoms with Crippen LogP contribution >= 0.6 is 0 Å². The van der Waals surface area contributed by atoms with E-state index in [0.29, 0.717) is 6.61 Å². The molecular formula is C9H16O3. The van der Waals surface area contributed by atoms with Crippen LogP contribution in [0.2, 0.25) is 0 Å². The summed E-state index contributed by atoms with van der Waals surface area (Å²) in [5.74, 6) is -0.969. The molecule has 0 heterocycles. The fraction of sp³-hybridized carbons (Fsp3) is 0.667. The van der Waals surface area contributed by atoms with Gasteiger partial charge in [0.25, 0.3) is 0 Å². The second-order valence-corrected chi connectivity index (χ2v) is 2.57. The Morgan fingerprint density at radius 2 is 2.17 bits per heavy atom. The second-order valence-electron chi connectivity index (χ2n) is 2.57. The van der Waals surface area contributed by atoms with Crippen molar-refractivity contribution in [1.82, 2.24) is 0 Å². The van der Waals surface area contributed by atoms with Crippen LogP contribution in [0, 0.1) is 0 Å². The van der Waals surface area contributed by atoms with Gasteiger partial charge in [0.05, 0.1) is 18.9 Å². The van der Waals surface area contributed by atoms with Crippen molar-refractivity contribution in [3.8, 4) is 0 Å². The molecule has 0 unspecified atom stereocenters. The Hall–Kier alpha value is -0.990. The molecule has 0 aliphatic rings. The lowest BCUT2D eigenvalue weighted by atomic mass is 10.2. The molecule has 0 aromatic heterocycles. The fourth-order valence-corrected chi connectivity index (χ4v) is 0.787. The molecule has 0 spiro atoms. The summed E-state index contributed by atoms with van der Waals surface area (Å²) >= 11 is 0. The van der Waals surface area contributed by atoms with Gasteiger partial charge >= 0.3 is 5.97 Å². The lowest BCUT2D eigenvalue weighted by Gasteiger charge is -1.98. The summed E-state index contributed by atoms with van der Waals surface area (Å²) in [7, 11) is 0. The highest BCUT2D eigenvalue weighted by atomic mass is 16.5. The average Bonchev–Trinajstić information content (AvgIpc) is 2.02. The molecule has 0 amide bonds. The van der Waals surface area contributed by atoms with Gasteiger partial charge in [-0.2, -0.15) is 0 Å². The van der Waals surface area contributed by atoms with E-state index in [0.717, 1.165) is 18.9 Å². The number of hydrogen-bond donors (Lipinski definition) is 1. The van der Waals surface area contributed by atoms with Gasteiger partial charge in [-0.15, -0.1) is 0 Å². The molecule has 0 atom stereocenters. The van der Waals surface area contributed by atoms with Crippen molar-refractivity contribution >= 4 is 5.97 Å². The maximum absolute atomic E-state index is 9.97. The molecule has 0 radical (unpaired) electrons. The monoisotopic (exact) mass is 172 g/mol. The smallest absolute Gasteiger partial charge is 0.331 e. The van der Waals surface area contributed by atoms with Gasteiger partial charge in [-0.05, 0) is 6.42 Å². The van der Waals surface area contributed by atoms with Gasteiger partial charge in [0.15, 0.2) is 0 Å². The first-order chi connectivity index (χ1) is 5.77. The van der Waals surface area contributed by atoms with Crippen molar-refractivity contribution in [2.45, 2.75) is 32.6 Å². The minimum atomic E-state index is -0.969. The number of unbranched alkanes of at least 4 members (excludes halogenated alkanes) is 3. The molecule has 70 valence electrons. The molecule has 1 N–H and O–H groups in total. The summed E-state index contributed by atoms with van der Waals surface area (Å²) in [4.78, 5) is 9.97. The van der Waals surface area contributed by atoms with Crippen LogP contribution in [0.25, 0.3) is 0 Å². The lowest BCUT2D eigenvalue weighted by molar-refractivity contribution is -0.131. The van der Waals surface area contributed by atoms with E-state index in [2.05, 4.69) is 6.92 Å². The standard InChI is InChI=1S/C9H16O3/c1-2-3-4-5-7-12-8-6-9(10)11/h6,8H,2-5,7H2,1H3,(H,10,11). The number of hydrogen-bond acceptors (Lipinski definition) is 2. The molecule has 0 bridgehead atoms. The number of carbonyl (C=O) groups is 1. The van der Waals surface area contributed by atoms with Gasteiger partial charge in [0.1, 0.15) is 0 Å². The third kappa shape index (κ3) is 9.01. The van der Waals surface area contributed by atoms with Crippen LogP contribution in [-0.2, 0) is 9.53 Å². The third-order valence-electron chi connectivity index (χ3n) is 1.42. The Balaban J connectivity index is 3.05. The summed E-state index contributed by atoms with van der Waals surface area (Å²) < 4.78 is 4.93. The molecule has 3 nitrogen and oxygen atoms in total. The topological polar surface area (TPSA) is 46.5 Å². The minimum Gasteiger partial charge on any atom is -0.501 e. The summed E-state index contributed by atoms with van der Waals surface area (Å²) in [6, 6.07) is 0. The van der Waals surface area contributed by atoms with Crippen LogP contribution in [0.4, 0.5) is 0 Å². The summed E-state index contributed by atoms with van der Waals surface area (Å²) in [6.07, 6.45) is 6.79. The van der Waals surface area contributed by atoms with Crippen molar-refractivity contribution in [3.63, 3.8) is 0 Å². The molecule has 0 fully saturated rings. The number of carboxylic acids is 1. The molecule has 0 aromatic rings. The molecule has 0 aromatic carbocycles. The Morgan fingerprint density at radius 3 is 2.75 bits per heavy atom. The van der Waals surface area contributed by atoms with Crippen molar-refractivity contribution < 1.29 is 14.6 Å². The van der Waals surface area contributed by atoms with Gasteiger partial charge in [0.2, 0.25) is 0 Å². The lowest BCUT2D eigenvalue weighted by Crippen LogP contribution is -1.90. The van der Waals surface area contributed by atoms with E-state index in [1.807, 2.05) is 0 Å². The average molecular weight is 172 g/mol. The van der Waals surface area contributed by atoms with E-state index >= 15 is 0 Å². The van der Waals surface area contributed by atoms with E-state index in [1.54, 1.807) is 0 Å². The van der Waals surface area contributed by atoms with E-state index < -0.39 is 5.97 Å². The normalized spacial score (nSPS) is 10.4. The molecule has 0 aliphatic heterocycles. The molecule has 0 saturated heterocycles. The number of ether oxygens (including phenoxy) is 1. The molecule has 0 saturated carbocycles. The minimum absolute atomic E-state index is 0.615. The van der Waals surface area contributed by atoms with E-state index in [-0.39, 0.29) is 0 Å². The quantitative estimate of drug-likeness (QED) is 0.363. The summed E-state index contributed by atoms with van der Waals surface area (Å²) in [5.41, 5.74) is 0. The maximum atomic E-state index is 9.97. The Kier molecular flexibility index (Phi) is 7.44. The first-order valence-corrected chi connectivity index (χ1v) is 4.28. The second kappa shape index (κ2) is 8.11. The van der Waals surface area contributed by atoms with Crippen LogP contribution in [0.15, 0.2) is 12.3 Å². The Labute approximate surface area is 73.0 Å². The molecule has 3 heteroatoms. The van der Waals surface area contributed by atoms with E-state index in [4.69, 9.17) is 9.84 Å². The van der Waals surface area contributed by atoms with E-state index in [9.17, 15) is 4.79 Å². The predicted octanol–water partition coefficient (Wildman–Crippen LogP) is 2.18. The van der Waals surface area contributed by atoms with Gasteiger partial charge in [-0.25, -0.2) is 4.79 Å². The predicted molar refractivity (Wildman–Crippen MR) is 46.9 cm³/mol. The zero-order chi connectivity index (χ0) is 9.23. The van der Waals surface area contributed by atoms with Crippen molar-refractivity contribution in [2.75, 3.05) is 6.61 Å². The van der Waals surface area contributed by atoms with Crippen molar-refractivity contribution in [2.24, 2.45) is 0 Å². The van der Waals surface area contributed by atoms with E-state index in [1.165, 1.54) is 19.1 Å². The zero-order valence-corrected chi connectivity index (χ0v) is 7.45. The summed E-state index contributed by atoms with van der Waals surface area (Å²) in [5, 5.41) is 8.19. The Bertz CT molecular complexity index is 141. The van der Waals surface area contributed by atoms with Crippen LogP contribution < -0.4 is 0 Å². The zero-order valence-electron chi connectivity index (χ0n) is 7.45. The van der Waals surface area contributed by atoms with Crippen LogP contribution in [0.1, 0.15) is 32.6 Å². The number of carboxylic acid groups (broad SMARTS) is 1. The first kappa shape index (κ1) is 11.0. The molecule has 0 aliphatic carbocycles. The molecular weight excluding hydrogens is 156 g/mol. The number of aliphatic carboxylic acids is 1. The van der Waals surface area contributed by atoms with Gasteiger partial charge in [-0.3, -0.25) is 0 Å². The SMILES string of the molecule is CCCCCCOC=CC(=O)O.